The van der Waals surface area contributed by atoms with Gasteiger partial charge in [0.25, 0.3) is 0 Å². The van der Waals surface area contributed by atoms with Gasteiger partial charge in [0.2, 0.25) is 0 Å². The molecule has 0 amide bonds. The van der Waals surface area contributed by atoms with Gasteiger partial charge in [0.05, 0.1) is 0 Å². The summed E-state index contributed by atoms with van der Waals surface area (Å²) in [7, 11) is 4.09. The molecule has 2 aromatic heterocycles. The van der Waals surface area contributed by atoms with Gasteiger partial charge in [-0.3, -0.25) is 9.88 Å². The average Bonchev–Trinajstić information content (AvgIpc) is 2.86. The predicted octanol–water partition coefficient (Wildman–Crippen LogP) is 2.62. The Morgan fingerprint density at radius 1 is 1.17 bits per heavy atom. The van der Waals surface area contributed by atoms with Crippen molar-refractivity contribution >= 4 is 22.2 Å². The van der Waals surface area contributed by atoms with Crippen LogP contribution < -0.4 is 9.80 Å². The standard InChI is InChI=1S/C17H25N5S/c1-14-11-15(5-6-18-14)22-8-4-7-21(9-10-22)13-16-12-19-17(23-16)20(2)3/h5-6,11-12H,4,7-10,13H2,1-3H3. The van der Waals surface area contributed by atoms with Crippen LogP contribution in [-0.2, 0) is 6.54 Å². The van der Waals surface area contributed by atoms with Crippen molar-refractivity contribution in [1.29, 1.82) is 0 Å². The van der Waals surface area contributed by atoms with Crippen molar-refractivity contribution in [2.24, 2.45) is 0 Å². The van der Waals surface area contributed by atoms with Crippen LogP contribution in [0.1, 0.15) is 17.0 Å². The van der Waals surface area contributed by atoms with E-state index < -0.39 is 0 Å². The topological polar surface area (TPSA) is 35.5 Å². The van der Waals surface area contributed by atoms with Crippen LogP contribution in [0, 0.1) is 6.92 Å². The van der Waals surface area contributed by atoms with Gasteiger partial charge < -0.3 is 9.80 Å². The number of anilines is 2. The molecule has 0 spiro atoms. The minimum Gasteiger partial charge on any atom is -0.370 e. The number of thiazole rings is 1. The second kappa shape index (κ2) is 7.27. The summed E-state index contributed by atoms with van der Waals surface area (Å²) < 4.78 is 0. The number of rotatable bonds is 4. The van der Waals surface area contributed by atoms with Crippen LogP contribution in [0.5, 0.6) is 0 Å². The van der Waals surface area contributed by atoms with Gasteiger partial charge >= 0.3 is 0 Å². The minimum atomic E-state index is 1.01. The minimum absolute atomic E-state index is 1.01. The number of aryl methyl sites for hydroxylation is 1. The molecule has 1 aliphatic rings. The fraction of sp³-hybridized carbons (Fsp3) is 0.529. The van der Waals surface area contributed by atoms with Gasteiger partial charge in [-0.15, -0.1) is 11.3 Å². The lowest BCUT2D eigenvalue weighted by Gasteiger charge is -2.23. The maximum absolute atomic E-state index is 4.48. The summed E-state index contributed by atoms with van der Waals surface area (Å²) in [5.41, 5.74) is 2.39. The van der Waals surface area contributed by atoms with Crippen LogP contribution >= 0.6 is 11.3 Å². The first-order valence-electron chi connectivity index (χ1n) is 8.14. The molecule has 0 unspecified atom stereocenters. The first kappa shape index (κ1) is 16.2. The predicted molar refractivity (Wildman–Crippen MR) is 97.5 cm³/mol. The normalized spacial score (nSPS) is 16.4. The molecule has 0 aliphatic carbocycles. The first-order chi connectivity index (χ1) is 11.1. The molecule has 1 aliphatic heterocycles. The zero-order valence-electron chi connectivity index (χ0n) is 14.2. The fourth-order valence-electron chi connectivity index (χ4n) is 2.91. The van der Waals surface area contributed by atoms with Crippen molar-refractivity contribution in [1.82, 2.24) is 14.9 Å². The maximum atomic E-state index is 4.48. The summed E-state index contributed by atoms with van der Waals surface area (Å²) in [4.78, 5) is 17.2. The van der Waals surface area contributed by atoms with Gasteiger partial charge in [0.1, 0.15) is 0 Å². The third-order valence-corrected chi connectivity index (χ3v) is 5.29. The Balaban J connectivity index is 1.59. The monoisotopic (exact) mass is 331 g/mol. The second-order valence-corrected chi connectivity index (χ2v) is 7.37. The largest absolute Gasteiger partial charge is 0.370 e. The molecule has 0 saturated carbocycles. The van der Waals surface area contributed by atoms with Gasteiger partial charge in [-0.25, -0.2) is 4.98 Å². The van der Waals surface area contributed by atoms with Crippen LogP contribution in [-0.4, -0.2) is 55.1 Å². The first-order valence-corrected chi connectivity index (χ1v) is 8.95. The molecule has 3 heterocycles. The quantitative estimate of drug-likeness (QED) is 0.861. The summed E-state index contributed by atoms with van der Waals surface area (Å²) in [5, 5.41) is 1.09. The molecular formula is C17H25N5S. The van der Waals surface area contributed by atoms with Crippen molar-refractivity contribution in [3.63, 3.8) is 0 Å². The van der Waals surface area contributed by atoms with E-state index in [1.807, 2.05) is 26.5 Å². The van der Waals surface area contributed by atoms with Crippen LogP contribution in [0.4, 0.5) is 10.8 Å². The molecule has 0 bridgehead atoms. The Labute approximate surface area is 142 Å². The lowest BCUT2D eigenvalue weighted by atomic mass is 10.3. The number of nitrogens with zero attached hydrogens (tertiary/aromatic N) is 5. The van der Waals surface area contributed by atoms with Gasteiger partial charge in [-0.1, -0.05) is 0 Å². The Kier molecular flexibility index (Phi) is 5.13. The summed E-state index contributed by atoms with van der Waals surface area (Å²) in [6, 6.07) is 4.30. The van der Waals surface area contributed by atoms with E-state index in [2.05, 4.69) is 43.7 Å². The van der Waals surface area contributed by atoms with Crippen LogP contribution in [0.25, 0.3) is 0 Å². The third-order valence-electron chi connectivity index (χ3n) is 4.14. The van der Waals surface area contributed by atoms with E-state index in [1.54, 1.807) is 11.3 Å². The molecular weight excluding hydrogens is 306 g/mol. The highest BCUT2D eigenvalue weighted by Gasteiger charge is 2.16. The summed E-state index contributed by atoms with van der Waals surface area (Å²) in [5.74, 6) is 0. The Hall–Kier alpha value is -1.66. The van der Waals surface area contributed by atoms with Crippen LogP contribution in [0.15, 0.2) is 24.5 Å². The Morgan fingerprint density at radius 3 is 2.78 bits per heavy atom. The molecule has 124 valence electrons. The molecule has 0 atom stereocenters. The van der Waals surface area contributed by atoms with E-state index in [4.69, 9.17) is 0 Å². The maximum Gasteiger partial charge on any atom is 0.185 e. The molecule has 1 saturated heterocycles. The van der Waals surface area contributed by atoms with E-state index in [-0.39, 0.29) is 0 Å². The number of aromatic nitrogens is 2. The van der Waals surface area contributed by atoms with Gasteiger partial charge in [-0.05, 0) is 25.5 Å². The van der Waals surface area contributed by atoms with E-state index in [0.717, 1.165) is 43.5 Å². The molecule has 3 rings (SSSR count). The van der Waals surface area contributed by atoms with E-state index in [0.29, 0.717) is 0 Å². The molecule has 2 aromatic rings. The van der Waals surface area contributed by atoms with Crippen LogP contribution in [0.3, 0.4) is 0 Å². The molecule has 1 fully saturated rings. The van der Waals surface area contributed by atoms with Crippen molar-refractivity contribution in [3.8, 4) is 0 Å². The smallest absolute Gasteiger partial charge is 0.185 e. The Morgan fingerprint density at radius 2 is 2.04 bits per heavy atom. The van der Waals surface area contributed by atoms with E-state index >= 15 is 0 Å². The highest BCUT2D eigenvalue weighted by Crippen LogP contribution is 2.23. The zero-order valence-corrected chi connectivity index (χ0v) is 15.0. The Bertz CT molecular complexity index is 639. The van der Waals surface area contributed by atoms with Gasteiger partial charge in [-0.2, -0.15) is 0 Å². The van der Waals surface area contributed by atoms with E-state index in [1.165, 1.54) is 17.0 Å². The lowest BCUT2D eigenvalue weighted by molar-refractivity contribution is 0.288. The average molecular weight is 331 g/mol. The SMILES string of the molecule is Cc1cc(N2CCCN(Cc3cnc(N(C)C)s3)CC2)ccn1. The molecule has 6 heteroatoms. The molecule has 0 aromatic carbocycles. The highest BCUT2D eigenvalue weighted by atomic mass is 32.1. The fourth-order valence-corrected chi connectivity index (χ4v) is 3.79. The van der Waals surface area contributed by atoms with Gasteiger partial charge in [0, 0.05) is 75.5 Å². The zero-order chi connectivity index (χ0) is 16.2. The molecule has 0 N–H and O–H groups in total. The second-order valence-electron chi connectivity index (χ2n) is 6.28. The number of hydrogen-bond donors (Lipinski definition) is 0. The van der Waals surface area contributed by atoms with Crippen molar-refractivity contribution in [2.45, 2.75) is 19.9 Å². The molecule has 23 heavy (non-hydrogen) atoms. The number of pyridine rings is 1. The van der Waals surface area contributed by atoms with Crippen molar-refractivity contribution in [3.05, 3.63) is 35.1 Å². The summed E-state index contributed by atoms with van der Waals surface area (Å²) >= 11 is 1.79. The third kappa shape index (κ3) is 4.20. The summed E-state index contributed by atoms with van der Waals surface area (Å²) in [6.45, 7) is 7.50. The highest BCUT2D eigenvalue weighted by molar-refractivity contribution is 7.15. The number of hydrogen-bond acceptors (Lipinski definition) is 6. The lowest BCUT2D eigenvalue weighted by Crippen LogP contribution is -2.30. The van der Waals surface area contributed by atoms with Crippen molar-refractivity contribution < 1.29 is 0 Å². The van der Waals surface area contributed by atoms with Crippen molar-refractivity contribution in [2.75, 3.05) is 50.1 Å². The van der Waals surface area contributed by atoms with Crippen LogP contribution in [0.2, 0.25) is 0 Å². The van der Waals surface area contributed by atoms with E-state index in [9.17, 15) is 0 Å². The summed E-state index contributed by atoms with van der Waals surface area (Å²) in [6.07, 6.45) is 5.13. The molecule has 0 radical (unpaired) electrons. The molecule has 5 nitrogen and oxygen atoms in total. The van der Waals surface area contributed by atoms with Gasteiger partial charge in [0.15, 0.2) is 5.13 Å².